The van der Waals surface area contributed by atoms with Gasteiger partial charge in [0.05, 0.1) is 26.3 Å². The molecule has 0 amide bonds. The van der Waals surface area contributed by atoms with Crippen molar-refractivity contribution in [2.24, 2.45) is 21.7 Å². The van der Waals surface area contributed by atoms with Gasteiger partial charge in [-0.25, -0.2) is 5.84 Å². The first-order valence-corrected chi connectivity index (χ1v) is 10.1. The number of rotatable bonds is 4. The molecule has 7 heteroatoms. The summed E-state index contributed by atoms with van der Waals surface area (Å²) in [6, 6.07) is 2.01. The van der Waals surface area contributed by atoms with Crippen LogP contribution in [-0.4, -0.2) is 61.4 Å². The van der Waals surface area contributed by atoms with Crippen LogP contribution in [-0.2, 0) is 9.47 Å². The van der Waals surface area contributed by atoms with Gasteiger partial charge in [0.1, 0.15) is 5.69 Å². The molecule has 3 N–H and O–H groups in total. The van der Waals surface area contributed by atoms with Gasteiger partial charge in [0, 0.05) is 30.3 Å². The highest BCUT2D eigenvalue weighted by Crippen LogP contribution is 2.27. The second-order valence-electron chi connectivity index (χ2n) is 9.55. The van der Waals surface area contributed by atoms with E-state index in [1.165, 1.54) is 0 Å². The molecule has 2 saturated heterocycles. The molecule has 29 heavy (non-hydrogen) atoms. The number of hydrogen-bond acceptors (Lipinski definition) is 6. The Morgan fingerprint density at radius 1 is 1.28 bits per heavy atom. The summed E-state index contributed by atoms with van der Waals surface area (Å²) in [5.74, 6) is 12.6. The van der Waals surface area contributed by atoms with E-state index in [1.54, 1.807) is 6.20 Å². The number of amidine groups is 1. The van der Waals surface area contributed by atoms with Gasteiger partial charge in [-0.1, -0.05) is 39.5 Å². The molecule has 0 aromatic carbocycles. The first-order chi connectivity index (χ1) is 13.7. The maximum absolute atomic E-state index is 5.72. The summed E-state index contributed by atoms with van der Waals surface area (Å²) in [4.78, 5) is 11.4. The fraction of sp³-hybridized carbons (Fsp3) is 0.636. The number of nitrogens with two attached hydrogens (primary N) is 1. The number of pyridine rings is 1. The summed E-state index contributed by atoms with van der Waals surface area (Å²) in [5.41, 5.74) is 5.68. The van der Waals surface area contributed by atoms with E-state index in [4.69, 9.17) is 15.3 Å². The van der Waals surface area contributed by atoms with Crippen LogP contribution in [0.5, 0.6) is 0 Å². The topological polar surface area (TPSA) is 85.0 Å². The predicted molar refractivity (Wildman–Crippen MR) is 114 cm³/mol. The maximum Gasteiger partial charge on any atom is 0.177 e. The lowest BCUT2D eigenvalue weighted by Crippen LogP contribution is -2.52. The first-order valence-electron chi connectivity index (χ1n) is 10.1. The number of hydrazine groups is 1. The number of aromatic nitrogens is 1. The Labute approximate surface area is 174 Å². The van der Waals surface area contributed by atoms with E-state index in [0.717, 1.165) is 30.8 Å². The van der Waals surface area contributed by atoms with Crippen molar-refractivity contribution < 1.29 is 9.47 Å². The zero-order valence-corrected chi connectivity index (χ0v) is 18.2. The number of ether oxygens (including phenoxy) is 2. The summed E-state index contributed by atoms with van der Waals surface area (Å²) in [7, 11) is 0. The number of aryl methyl sites for hydroxylation is 1. The minimum atomic E-state index is -0.358. The Kier molecular flexibility index (Phi) is 6.59. The number of nitrogens with zero attached hydrogens (tertiary/aromatic N) is 3. The molecule has 0 spiro atoms. The minimum Gasteiger partial charge on any atom is -0.350 e. The molecule has 0 bridgehead atoms. The van der Waals surface area contributed by atoms with Crippen LogP contribution in [0.25, 0.3) is 0 Å². The van der Waals surface area contributed by atoms with Crippen LogP contribution in [0.3, 0.4) is 0 Å². The smallest absolute Gasteiger partial charge is 0.177 e. The van der Waals surface area contributed by atoms with Crippen LogP contribution in [0.4, 0.5) is 0 Å². The lowest BCUT2D eigenvalue weighted by atomic mass is 9.84. The number of hydrogen-bond donors (Lipinski definition) is 2. The van der Waals surface area contributed by atoms with Gasteiger partial charge in [-0.05, 0) is 24.0 Å². The summed E-state index contributed by atoms with van der Waals surface area (Å²) in [6.45, 7) is 15.4. The Morgan fingerprint density at radius 3 is 2.55 bits per heavy atom. The van der Waals surface area contributed by atoms with E-state index in [0.29, 0.717) is 36.7 Å². The molecule has 3 heterocycles. The van der Waals surface area contributed by atoms with Gasteiger partial charge in [-0.15, -0.1) is 0 Å². The van der Waals surface area contributed by atoms with Gasteiger partial charge in [0.25, 0.3) is 0 Å². The standard InChI is InChI=1S/C22H33N5O2/c1-16-9-17(7-6-8-27-12-21(2,3)13-27)10-24-19(16)20(26-23)25-11-18-28-14-22(4,5)15-29-18/h9-10,18H,8,11-15,23H2,1-5H3,(H,25,26). The van der Waals surface area contributed by atoms with E-state index in [1.807, 2.05) is 13.0 Å². The second kappa shape index (κ2) is 8.80. The molecule has 2 aliphatic heterocycles. The van der Waals surface area contributed by atoms with Crippen LogP contribution in [0.2, 0.25) is 0 Å². The summed E-state index contributed by atoms with van der Waals surface area (Å²) < 4.78 is 11.4. The number of aliphatic imine (C=N–C) groups is 1. The molecule has 0 unspecified atom stereocenters. The van der Waals surface area contributed by atoms with E-state index in [-0.39, 0.29) is 11.7 Å². The number of likely N-dealkylation sites (tertiary alicyclic amines) is 1. The third-order valence-corrected chi connectivity index (χ3v) is 5.00. The molecular weight excluding hydrogens is 366 g/mol. The van der Waals surface area contributed by atoms with Crippen LogP contribution < -0.4 is 11.3 Å². The normalized spacial score (nSPS) is 21.8. The predicted octanol–water partition coefficient (Wildman–Crippen LogP) is 1.69. The molecule has 2 fully saturated rings. The zero-order valence-electron chi connectivity index (χ0n) is 18.2. The molecule has 0 atom stereocenters. The lowest BCUT2D eigenvalue weighted by Gasteiger charge is -2.44. The highest BCUT2D eigenvalue weighted by molar-refractivity contribution is 5.97. The summed E-state index contributed by atoms with van der Waals surface area (Å²) >= 11 is 0. The van der Waals surface area contributed by atoms with Gasteiger partial charge < -0.3 is 14.9 Å². The van der Waals surface area contributed by atoms with E-state index >= 15 is 0 Å². The molecule has 0 saturated carbocycles. The molecule has 1 aromatic heterocycles. The molecule has 158 valence electrons. The van der Waals surface area contributed by atoms with Crippen molar-refractivity contribution in [3.8, 4) is 11.8 Å². The SMILES string of the molecule is Cc1cc(C#CCN2CC(C)(C)C2)cnc1C(=NCC1OCC(C)(C)CO1)NN. The third kappa shape index (κ3) is 6.00. The van der Waals surface area contributed by atoms with Gasteiger partial charge in [0.15, 0.2) is 12.1 Å². The molecule has 3 rings (SSSR count). The quantitative estimate of drug-likeness (QED) is 0.264. The van der Waals surface area contributed by atoms with Gasteiger partial charge in [-0.2, -0.15) is 0 Å². The number of nitrogens with one attached hydrogen (secondary N) is 1. The van der Waals surface area contributed by atoms with Crippen molar-refractivity contribution in [3.63, 3.8) is 0 Å². The average molecular weight is 400 g/mol. The molecule has 0 radical (unpaired) electrons. The van der Waals surface area contributed by atoms with E-state index < -0.39 is 0 Å². The lowest BCUT2D eigenvalue weighted by molar-refractivity contribution is -0.215. The molecule has 7 nitrogen and oxygen atoms in total. The van der Waals surface area contributed by atoms with E-state index in [9.17, 15) is 0 Å². The Morgan fingerprint density at radius 2 is 1.97 bits per heavy atom. The first kappa shape index (κ1) is 21.7. The molecule has 0 aliphatic carbocycles. The van der Waals surface area contributed by atoms with Crippen molar-refractivity contribution in [1.82, 2.24) is 15.3 Å². The summed E-state index contributed by atoms with van der Waals surface area (Å²) in [5, 5.41) is 0. The largest absolute Gasteiger partial charge is 0.350 e. The van der Waals surface area contributed by atoms with Crippen LogP contribution in [0.15, 0.2) is 17.3 Å². The maximum atomic E-state index is 5.72. The molecular formula is C22H33N5O2. The Balaban J connectivity index is 1.59. The van der Waals surface area contributed by atoms with Crippen LogP contribution in [0.1, 0.15) is 44.5 Å². The van der Waals surface area contributed by atoms with Gasteiger partial charge in [-0.3, -0.25) is 14.9 Å². The fourth-order valence-electron chi connectivity index (χ4n) is 3.61. The van der Waals surface area contributed by atoms with Crippen molar-refractivity contribution >= 4 is 5.84 Å². The second-order valence-corrected chi connectivity index (χ2v) is 9.55. The Hall–Kier alpha value is -1.98. The molecule has 2 aliphatic rings. The third-order valence-electron chi connectivity index (χ3n) is 5.00. The van der Waals surface area contributed by atoms with E-state index in [2.05, 4.69) is 59.8 Å². The minimum absolute atomic E-state index is 0.0377. The monoisotopic (exact) mass is 399 g/mol. The molecule has 1 aromatic rings. The zero-order chi connectivity index (χ0) is 21.1. The van der Waals surface area contributed by atoms with Gasteiger partial charge in [0.2, 0.25) is 0 Å². The Bertz CT molecular complexity index is 804. The van der Waals surface area contributed by atoms with Crippen molar-refractivity contribution in [2.45, 2.75) is 40.9 Å². The van der Waals surface area contributed by atoms with Crippen LogP contribution >= 0.6 is 0 Å². The van der Waals surface area contributed by atoms with Crippen molar-refractivity contribution in [2.75, 3.05) is 39.4 Å². The van der Waals surface area contributed by atoms with Crippen molar-refractivity contribution in [1.29, 1.82) is 0 Å². The van der Waals surface area contributed by atoms with Crippen molar-refractivity contribution in [3.05, 3.63) is 29.1 Å². The summed E-state index contributed by atoms with van der Waals surface area (Å²) in [6.07, 6.45) is 1.40. The highest BCUT2D eigenvalue weighted by atomic mass is 16.7. The van der Waals surface area contributed by atoms with Gasteiger partial charge >= 0.3 is 0 Å². The highest BCUT2D eigenvalue weighted by Gasteiger charge is 2.33. The van der Waals surface area contributed by atoms with Crippen LogP contribution in [0, 0.1) is 29.6 Å². The fourth-order valence-corrected chi connectivity index (χ4v) is 3.61. The average Bonchev–Trinajstić information content (AvgIpc) is 2.63.